The molecule has 0 aliphatic rings. The Kier molecular flexibility index (Phi) is 7.31. The van der Waals surface area contributed by atoms with E-state index in [-0.39, 0.29) is 12.4 Å². The highest BCUT2D eigenvalue weighted by atomic mass is 16.5. The molecule has 0 atom stereocenters. The summed E-state index contributed by atoms with van der Waals surface area (Å²) in [6.07, 6.45) is 0. The molecule has 0 fully saturated rings. The summed E-state index contributed by atoms with van der Waals surface area (Å²) in [7, 11) is 6.24. The van der Waals surface area contributed by atoms with Gasteiger partial charge in [-0.25, -0.2) is 9.67 Å². The SMILES string of the molecule is COc1ccccc1CNC(=O)c1nc(-c2cc(OC)c(OC)c(OC)c2)n(-c2cccc3ccccc23)n1. The highest BCUT2D eigenvalue weighted by molar-refractivity contribution is 5.93. The second kappa shape index (κ2) is 11.1. The molecule has 0 unspecified atom stereocenters. The van der Waals surface area contributed by atoms with Gasteiger partial charge in [0, 0.05) is 23.1 Å². The van der Waals surface area contributed by atoms with Crippen molar-refractivity contribution >= 4 is 16.7 Å². The number of methoxy groups -OCH3 is 4. The third-order valence-corrected chi connectivity index (χ3v) is 6.36. The zero-order valence-electron chi connectivity index (χ0n) is 22.1. The quantitative estimate of drug-likeness (QED) is 0.288. The molecule has 5 aromatic rings. The van der Waals surface area contributed by atoms with Crippen LogP contribution in [0.3, 0.4) is 0 Å². The second-order valence-electron chi connectivity index (χ2n) is 8.58. The number of para-hydroxylation sites is 1. The smallest absolute Gasteiger partial charge is 0.291 e. The minimum Gasteiger partial charge on any atom is -0.496 e. The molecule has 39 heavy (non-hydrogen) atoms. The number of carbonyl (C=O) groups excluding carboxylic acids is 1. The van der Waals surface area contributed by atoms with Gasteiger partial charge in [-0.05, 0) is 29.7 Å². The molecule has 1 heterocycles. The fraction of sp³-hybridized carbons (Fsp3) is 0.167. The molecule has 0 radical (unpaired) electrons. The lowest BCUT2D eigenvalue weighted by Crippen LogP contribution is -2.24. The molecule has 198 valence electrons. The van der Waals surface area contributed by atoms with E-state index in [1.165, 1.54) is 0 Å². The van der Waals surface area contributed by atoms with Gasteiger partial charge in [0.05, 0.1) is 34.1 Å². The van der Waals surface area contributed by atoms with Gasteiger partial charge in [0.2, 0.25) is 11.6 Å². The molecule has 1 amide bonds. The van der Waals surface area contributed by atoms with E-state index in [0.29, 0.717) is 34.4 Å². The van der Waals surface area contributed by atoms with E-state index >= 15 is 0 Å². The number of benzene rings is 4. The van der Waals surface area contributed by atoms with Crippen molar-refractivity contribution in [2.24, 2.45) is 0 Å². The van der Waals surface area contributed by atoms with E-state index in [1.54, 1.807) is 45.3 Å². The highest BCUT2D eigenvalue weighted by Gasteiger charge is 2.23. The van der Waals surface area contributed by atoms with E-state index < -0.39 is 5.91 Å². The third-order valence-electron chi connectivity index (χ3n) is 6.36. The summed E-state index contributed by atoms with van der Waals surface area (Å²) in [5.74, 6) is 2.09. The number of hydrogen-bond acceptors (Lipinski definition) is 7. The predicted octanol–water partition coefficient (Wildman–Crippen LogP) is 5.05. The van der Waals surface area contributed by atoms with Gasteiger partial charge < -0.3 is 24.3 Å². The van der Waals surface area contributed by atoms with Crippen LogP contribution in [0.4, 0.5) is 0 Å². The van der Waals surface area contributed by atoms with E-state index in [9.17, 15) is 4.79 Å². The Hall–Kier alpha value is -5.05. The number of aromatic nitrogens is 3. The highest BCUT2D eigenvalue weighted by Crippen LogP contribution is 2.41. The number of hydrogen-bond donors (Lipinski definition) is 1. The lowest BCUT2D eigenvalue weighted by Gasteiger charge is -2.15. The van der Waals surface area contributed by atoms with Crippen LogP contribution in [0.1, 0.15) is 16.2 Å². The summed E-state index contributed by atoms with van der Waals surface area (Å²) in [4.78, 5) is 18.0. The standard InChI is InChI=1S/C30H28N4O5/c1-36-24-15-8-6-11-20(24)18-31-30(35)28-32-29(21-16-25(37-2)27(39-4)26(17-21)38-3)34(33-28)23-14-9-12-19-10-5-7-13-22(19)23/h5-17H,18H2,1-4H3,(H,31,35). The van der Waals surface area contributed by atoms with Crippen LogP contribution in [0, 0.1) is 0 Å². The molecule has 0 bridgehead atoms. The first-order valence-corrected chi connectivity index (χ1v) is 12.2. The first-order valence-electron chi connectivity index (χ1n) is 12.2. The van der Waals surface area contributed by atoms with Gasteiger partial charge in [-0.2, -0.15) is 0 Å². The summed E-state index contributed by atoms with van der Waals surface area (Å²) < 4.78 is 23.7. The topological polar surface area (TPSA) is 96.7 Å². The molecule has 1 aromatic heterocycles. The Morgan fingerprint density at radius 3 is 2.18 bits per heavy atom. The number of nitrogens with one attached hydrogen (secondary N) is 1. The minimum atomic E-state index is -0.423. The van der Waals surface area contributed by atoms with Gasteiger partial charge in [-0.1, -0.05) is 54.6 Å². The number of fused-ring (bicyclic) bond motifs is 1. The lowest BCUT2D eigenvalue weighted by atomic mass is 10.1. The molecule has 0 aliphatic carbocycles. The van der Waals surface area contributed by atoms with Crippen LogP contribution < -0.4 is 24.3 Å². The fourth-order valence-corrected chi connectivity index (χ4v) is 4.47. The number of ether oxygens (including phenoxy) is 4. The van der Waals surface area contributed by atoms with Crippen molar-refractivity contribution in [2.75, 3.05) is 28.4 Å². The van der Waals surface area contributed by atoms with E-state index in [0.717, 1.165) is 22.0 Å². The van der Waals surface area contributed by atoms with Gasteiger partial charge >= 0.3 is 0 Å². The van der Waals surface area contributed by atoms with Crippen molar-refractivity contribution in [3.8, 4) is 40.1 Å². The van der Waals surface area contributed by atoms with Crippen LogP contribution in [0.25, 0.3) is 27.8 Å². The molecule has 9 heteroatoms. The maximum Gasteiger partial charge on any atom is 0.291 e. The van der Waals surface area contributed by atoms with Crippen LogP contribution in [-0.4, -0.2) is 49.1 Å². The first kappa shape index (κ1) is 25.6. The third kappa shape index (κ3) is 4.94. The maximum atomic E-state index is 13.3. The molecule has 0 saturated carbocycles. The molecule has 9 nitrogen and oxygen atoms in total. The van der Waals surface area contributed by atoms with Gasteiger partial charge in [0.1, 0.15) is 5.75 Å². The van der Waals surface area contributed by atoms with Gasteiger partial charge in [-0.15, -0.1) is 5.10 Å². The Balaban J connectivity index is 1.63. The van der Waals surface area contributed by atoms with Crippen molar-refractivity contribution in [2.45, 2.75) is 6.54 Å². The van der Waals surface area contributed by atoms with Crippen molar-refractivity contribution in [1.82, 2.24) is 20.1 Å². The summed E-state index contributed by atoms with van der Waals surface area (Å²) in [6, 6.07) is 24.9. The number of amides is 1. The summed E-state index contributed by atoms with van der Waals surface area (Å²) >= 11 is 0. The van der Waals surface area contributed by atoms with Crippen LogP contribution in [-0.2, 0) is 6.54 Å². The average Bonchev–Trinajstić information content (AvgIpc) is 3.44. The molecule has 0 aliphatic heterocycles. The van der Waals surface area contributed by atoms with Gasteiger partial charge in [0.25, 0.3) is 5.91 Å². The van der Waals surface area contributed by atoms with Crippen LogP contribution in [0.2, 0.25) is 0 Å². The molecular formula is C30H28N4O5. The second-order valence-corrected chi connectivity index (χ2v) is 8.58. The van der Waals surface area contributed by atoms with E-state index in [4.69, 9.17) is 18.9 Å². The minimum absolute atomic E-state index is 0.0154. The molecule has 5 rings (SSSR count). The predicted molar refractivity (Wildman–Crippen MR) is 148 cm³/mol. The van der Waals surface area contributed by atoms with Crippen LogP contribution >= 0.6 is 0 Å². The van der Waals surface area contributed by atoms with Crippen molar-refractivity contribution in [1.29, 1.82) is 0 Å². The number of carbonyl (C=O) groups is 1. The van der Waals surface area contributed by atoms with Crippen molar-refractivity contribution in [3.05, 3.63) is 90.3 Å². The number of nitrogens with zero attached hydrogens (tertiary/aromatic N) is 3. The number of rotatable bonds is 9. The van der Waals surface area contributed by atoms with E-state index in [2.05, 4.69) is 15.4 Å². The van der Waals surface area contributed by atoms with Crippen LogP contribution in [0.5, 0.6) is 23.0 Å². The molecule has 1 N–H and O–H groups in total. The molecular weight excluding hydrogens is 496 g/mol. The normalized spacial score (nSPS) is 10.8. The van der Waals surface area contributed by atoms with Crippen molar-refractivity contribution < 1.29 is 23.7 Å². The Morgan fingerprint density at radius 2 is 1.46 bits per heavy atom. The Morgan fingerprint density at radius 1 is 0.795 bits per heavy atom. The maximum absolute atomic E-state index is 13.3. The average molecular weight is 525 g/mol. The molecule has 0 spiro atoms. The molecule has 0 saturated heterocycles. The van der Waals surface area contributed by atoms with Gasteiger partial charge in [-0.3, -0.25) is 4.79 Å². The fourth-order valence-electron chi connectivity index (χ4n) is 4.47. The summed E-state index contributed by atoms with van der Waals surface area (Å²) in [5, 5.41) is 9.56. The van der Waals surface area contributed by atoms with Crippen molar-refractivity contribution in [3.63, 3.8) is 0 Å². The summed E-state index contributed by atoms with van der Waals surface area (Å²) in [6.45, 7) is 0.255. The monoisotopic (exact) mass is 524 g/mol. The summed E-state index contributed by atoms with van der Waals surface area (Å²) in [5.41, 5.74) is 2.24. The Labute approximate surface area is 225 Å². The zero-order valence-corrected chi connectivity index (χ0v) is 22.1. The van der Waals surface area contributed by atoms with E-state index in [1.807, 2.05) is 66.7 Å². The Bertz CT molecular complexity index is 1620. The largest absolute Gasteiger partial charge is 0.496 e. The zero-order chi connectivity index (χ0) is 27.4. The lowest BCUT2D eigenvalue weighted by molar-refractivity contribution is 0.0940. The molecule has 4 aromatic carbocycles. The van der Waals surface area contributed by atoms with Gasteiger partial charge in [0.15, 0.2) is 17.3 Å². The van der Waals surface area contributed by atoms with Crippen LogP contribution in [0.15, 0.2) is 78.9 Å². The first-order chi connectivity index (χ1) is 19.1.